The van der Waals surface area contributed by atoms with Crippen LogP contribution < -0.4 is 10.5 Å². The lowest BCUT2D eigenvalue weighted by Gasteiger charge is -2.12. The van der Waals surface area contributed by atoms with Crippen molar-refractivity contribution < 1.29 is 13.2 Å². The minimum atomic E-state index is -3.88. The topological polar surface area (TPSA) is 92.5 Å². The molecule has 9 heteroatoms. The molecule has 0 unspecified atom stereocenters. The third kappa shape index (κ3) is 4.14. The van der Waals surface area contributed by atoms with Gasteiger partial charge in [0.1, 0.15) is 9.88 Å². The number of rotatable bonds is 5. The monoisotopic (exact) mass is 335 g/mol. The Kier molecular flexibility index (Phi) is 5.46. The van der Waals surface area contributed by atoms with E-state index in [0.29, 0.717) is 5.56 Å². The van der Waals surface area contributed by atoms with Crippen LogP contribution in [0.4, 0.5) is 0 Å². The Balaban J connectivity index is 2.99. The molecule has 1 rings (SSSR count). The quantitative estimate of drug-likeness (QED) is 0.757. The molecule has 20 heavy (non-hydrogen) atoms. The second-order valence-electron chi connectivity index (χ2n) is 4.12. The van der Waals surface area contributed by atoms with Crippen LogP contribution in [-0.2, 0) is 14.8 Å². The molecule has 0 saturated carbocycles. The highest BCUT2D eigenvalue weighted by Crippen LogP contribution is 2.22. The van der Waals surface area contributed by atoms with Gasteiger partial charge in [-0.2, -0.15) is 0 Å². The number of likely N-dealkylation sites (N-methyl/N-ethyl adjacent to an activating group) is 1. The number of halogens is 1. The van der Waals surface area contributed by atoms with Gasteiger partial charge in [0, 0.05) is 19.7 Å². The molecule has 6 nitrogen and oxygen atoms in total. The summed E-state index contributed by atoms with van der Waals surface area (Å²) in [4.78, 5) is 12.6. The normalized spacial score (nSPS) is 11.2. The molecule has 0 fully saturated rings. The van der Waals surface area contributed by atoms with Gasteiger partial charge in [-0.1, -0.05) is 29.9 Å². The summed E-state index contributed by atoms with van der Waals surface area (Å²) in [7, 11) is -0.819. The highest BCUT2D eigenvalue weighted by molar-refractivity contribution is 7.89. The first-order chi connectivity index (χ1) is 9.15. The van der Waals surface area contributed by atoms with Crippen molar-refractivity contribution >= 4 is 44.7 Å². The van der Waals surface area contributed by atoms with Crippen LogP contribution >= 0.6 is 23.8 Å². The fourth-order valence-electron chi connectivity index (χ4n) is 1.26. The second-order valence-corrected chi connectivity index (χ2v) is 6.70. The molecule has 0 atom stereocenters. The number of hydrogen-bond acceptors (Lipinski definition) is 4. The number of sulfonamides is 1. The van der Waals surface area contributed by atoms with Gasteiger partial charge in [-0.25, -0.2) is 13.1 Å². The number of carbonyl (C=O) groups is 1. The van der Waals surface area contributed by atoms with Crippen molar-refractivity contribution in [2.75, 3.05) is 20.6 Å². The lowest BCUT2D eigenvalue weighted by atomic mass is 10.2. The fraction of sp³-hybridized carbons (Fsp3) is 0.273. The molecule has 0 aromatic heterocycles. The predicted octanol–water partition coefficient (Wildman–Crippen LogP) is 0.341. The Morgan fingerprint density at radius 3 is 2.50 bits per heavy atom. The number of nitrogens with one attached hydrogen (secondary N) is 1. The van der Waals surface area contributed by atoms with E-state index >= 15 is 0 Å². The maximum absolute atomic E-state index is 12.0. The Morgan fingerprint density at radius 1 is 1.45 bits per heavy atom. The first kappa shape index (κ1) is 16.8. The number of carbonyl (C=O) groups excluding carboxylic acids is 1. The third-order valence-corrected chi connectivity index (χ3v) is 4.54. The van der Waals surface area contributed by atoms with E-state index in [4.69, 9.17) is 29.6 Å². The van der Waals surface area contributed by atoms with Crippen molar-refractivity contribution in [2.45, 2.75) is 4.90 Å². The largest absolute Gasteiger partial charge is 0.389 e. The number of amides is 1. The van der Waals surface area contributed by atoms with Crippen molar-refractivity contribution in [2.24, 2.45) is 5.73 Å². The van der Waals surface area contributed by atoms with Crippen molar-refractivity contribution in [3.05, 3.63) is 28.8 Å². The number of thiocarbonyl (C=S) groups is 1. The van der Waals surface area contributed by atoms with Crippen molar-refractivity contribution in [1.29, 1.82) is 0 Å². The zero-order valence-corrected chi connectivity index (χ0v) is 13.3. The Labute approximate surface area is 127 Å². The van der Waals surface area contributed by atoms with E-state index in [1.807, 2.05) is 0 Å². The molecule has 0 aliphatic carbocycles. The molecule has 0 radical (unpaired) electrons. The van der Waals surface area contributed by atoms with Crippen molar-refractivity contribution in [3.63, 3.8) is 0 Å². The first-order valence-electron chi connectivity index (χ1n) is 5.44. The SMILES string of the molecule is CN(C)C(=O)CNS(=O)(=O)c1ccc(C(N)=S)cc1Cl. The summed E-state index contributed by atoms with van der Waals surface area (Å²) in [6.45, 7) is -0.345. The summed E-state index contributed by atoms with van der Waals surface area (Å²) < 4.78 is 26.2. The molecule has 1 aromatic carbocycles. The van der Waals surface area contributed by atoms with Gasteiger partial charge >= 0.3 is 0 Å². The van der Waals surface area contributed by atoms with Gasteiger partial charge in [-0.15, -0.1) is 0 Å². The maximum atomic E-state index is 12.0. The molecule has 1 aromatic rings. The van der Waals surface area contributed by atoms with E-state index < -0.39 is 10.0 Å². The van der Waals surface area contributed by atoms with Crippen LogP contribution in [0.5, 0.6) is 0 Å². The second kappa shape index (κ2) is 6.49. The van der Waals surface area contributed by atoms with Crippen molar-refractivity contribution in [1.82, 2.24) is 9.62 Å². The summed E-state index contributed by atoms with van der Waals surface area (Å²) in [5, 5.41) is -0.0138. The molecule has 0 aliphatic rings. The molecule has 110 valence electrons. The first-order valence-corrected chi connectivity index (χ1v) is 7.71. The Bertz CT molecular complexity index is 644. The van der Waals surface area contributed by atoms with Crippen molar-refractivity contribution in [3.8, 4) is 0 Å². The minimum Gasteiger partial charge on any atom is -0.389 e. The lowest BCUT2D eigenvalue weighted by Crippen LogP contribution is -2.36. The van der Waals surface area contributed by atoms with E-state index in [9.17, 15) is 13.2 Å². The number of benzene rings is 1. The van der Waals surface area contributed by atoms with Gasteiger partial charge in [0.05, 0.1) is 11.6 Å². The van der Waals surface area contributed by atoms with Crippen LogP contribution in [0.15, 0.2) is 23.1 Å². The highest BCUT2D eigenvalue weighted by atomic mass is 35.5. The molecule has 0 heterocycles. The van der Waals surface area contributed by atoms with Crippen LogP contribution in [0.3, 0.4) is 0 Å². The summed E-state index contributed by atoms with van der Waals surface area (Å²) >= 11 is 10.7. The molecule has 0 saturated heterocycles. The fourth-order valence-corrected chi connectivity index (χ4v) is 2.91. The summed E-state index contributed by atoms with van der Waals surface area (Å²) in [6.07, 6.45) is 0. The summed E-state index contributed by atoms with van der Waals surface area (Å²) in [5.74, 6) is -0.371. The number of nitrogens with two attached hydrogens (primary N) is 1. The van der Waals surface area contributed by atoms with Gasteiger partial charge in [-0.3, -0.25) is 4.79 Å². The van der Waals surface area contributed by atoms with E-state index in [2.05, 4.69) is 4.72 Å². The average molecular weight is 336 g/mol. The molecule has 0 aliphatic heterocycles. The predicted molar refractivity (Wildman–Crippen MR) is 81.2 cm³/mol. The third-order valence-electron chi connectivity index (χ3n) is 2.42. The minimum absolute atomic E-state index is 0.0138. The molecular weight excluding hydrogens is 322 g/mol. The number of nitrogens with zero attached hydrogens (tertiary/aromatic N) is 1. The Morgan fingerprint density at radius 2 is 2.05 bits per heavy atom. The molecular formula is C11H14ClN3O3S2. The zero-order chi connectivity index (χ0) is 15.5. The molecule has 1 amide bonds. The van der Waals surface area contributed by atoms with Gasteiger partial charge in [0.15, 0.2) is 0 Å². The molecule has 3 N–H and O–H groups in total. The standard InChI is InChI=1S/C11H14ClN3O3S2/c1-15(2)10(16)6-14-20(17,18)9-4-3-7(11(13)19)5-8(9)12/h3-5,14H,6H2,1-2H3,(H2,13,19). The lowest BCUT2D eigenvalue weighted by molar-refractivity contribution is -0.127. The van der Waals surface area contributed by atoms with Gasteiger partial charge in [0.25, 0.3) is 0 Å². The van der Waals surface area contributed by atoms with Crippen LogP contribution in [0.1, 0.15) is 5.56 Å². The van der Waals surface area contributed by atoms with Gasteiger partial charge < -0.3 is 10.6 Å². The van der Waals surface area contributed by atoms with Crippen LogP contribution in [0, 0.1) is 0 Å². The summed E-state index contributed by atoms with van der Waals surface area (Å²) in [5.41, 5.74) is 5.90. The van der Waals surface area contributed by atoms with E-state index in [0.717, 1.165) is 0 Å². The van der Waals surface area contributed by atoms with E-state index in [1.165, 1.54) is 37.2 Å². The summed E-state index contributed by atoms with van der Waals surface area (Å²) in [6, 6.07) is 4.11. The van der Waals surface area contributed by atoms with E-state index in [-0.39, 0.29) is 27.4 Å². The van der Waals surface area contributed by atoms with Gasteiger partial charge in [0.2, 0.25) is 15.9 Å². The smallest absolute Gasteiger partial charge is 0.242 e. The zero-order valence-electron chi connectivity index (χ0n) is 10.9. The molecule has 0 bridgehead atoms. The van der Waals surface area contributed by atoms with Gasteiger partial charge in [-0.05, 0) is 12.1 Å². The number of hydrogen-bond donors (Lipinski definition) is 2. The Hall–Kier alpha value is -1.22. The average Bonchev–Trinajstić information content (AvgIpc) is 2.35. The molecule has 0 spiro atoms. The van der Waals surface area contributed by atoms with E-state index in [1.54, 1.807) is 0 Å². The maximum Gasteiger partial charge on any atom is 0.242 e. The van der Waals surface area contributed by atoms with Crippen LogP contribution in [-0.4, -0.2) is 44.9 Å². The van der Waals surface area contributed by atoms with Crippen LogP contribution in [0.2, 0.25) is 5.02 Å². The van der Waals surface area contributed by atoms with Crippen LogP contribution in [0.25, 0.3) is 0 Å². The highest BCUT2D eigenvalue weighted by Gasteiger charge is 2.19.